The number of rotatable bonds is 6. The second-order valence-corrected chi connectivity index (χ2v) is 6.27. The van der Waals surface area contributed by atoms with Gasteiger partial charge in [0.2, 0.25) is 0 Å². The standard InChI is InChI=1S/C13H23N3OS/c1-10(11-6-5-9-18-11)16(4)8-7-13(2,3)12(14)15-17/h5-6,9-10,17H,7-8H2,1-4H3,(H2,14,15). The summed E-state index contributed by atoms with van der Waals surface area (Å²) >= 11 is 1.77. The fourth-order valence-corrected chi connectivity index (χ4v) is 2.51. The molecule has 0 aliphatic heterocycles. The van der Waals surface area contributed by atoms with E-state index in [-0.39, 0.29) is 5.41 Å². The molecule has 3 N–H and O–H groups in total. The largest absolute Gasteiger partial charge is 0.409 e. The molecule has 18 heavy (non-hydrogen) atoms. The molecule has 0 saturated heterocycles. The number of nitrogens with zero attached hydrogens (tertiary/aromatic N) is 2. The van der Waals surface area contributed by atoms with Crippen LogP contribution in [-0.2, 0) is 0 Å². The molecule has 0 aliphatic carbocycles. The van der Waals surface area contributed by atoms with Crippen molar-refractivity contribution in [2.24, 2.45) is 16.3 Å². The molecule has 0 spiro atoms. The van der Waals surface area contributed by atoms with Crippen molar-refractivity contribution in [1.29, 1.82) is 0 Å². The van der Waals surface area contributed by atoms with Gasteiger partial charge in [-0.15, -0.1) is 11.3 Å². The van der Waals surface area contributed by atoms with E-state index in [0.29, 0.717) is 11.9 Å². The number of hydrogen-bond acceptors (Lipinski definition) is 4. The molecule has 1 aromatic heterocycles. The molecule has 0 bridgehead atoms. The van der Waals surface area contributed by atoms with Gasteiger partial charge in [-0.3, -0.25) is 4.90 Å². The molecule has 1 aromatic rings. The molecule has 1 heterocycles. The molecule has 0 aromatic carbocycles. The van der Waals surface area contributed by atoms with Crippen molar-refractivity contribution in [1.82, 2.24) is 4.90 Å². The first-order valence-electron chi connectivity index (χ1n) is 6.10. The summed E-state index contributed by atoms with van der Waals surface area (Å²) < 4.78 is 0. The van der Waals surface area contributed by atoms with Gasteiger partial charge in [-0.05, 0) is 38.4 Å². The van der Waals surface area contributed by atoms with E-state index in [1.54, 1.807) is 11.3 Å². The Morgan fingerprint density at radius 1 is 1.61 bits per heavy atom. The van der Waals surface area contributed by atoms with Gasteiger partial charge in [0.15, 0.2) is 0 Å². The van der Waals surface area contributed by atoms with Crippen molar-refractivity contribution in [3.05, 3.63) is 22.4 Å². The summed E-state index contributed by atoms with van der Waals surface area (Å²) in [6.07, 6.45) is 0.856. The number of nitrogens with two attached hydrogens (primary N) is 1. The SMILES string of the molecule is CC(c1cccs1)N(C)CCC(C)(C)C(N)=NO. The Balaban J connectivity index is 2.53. The van der Waals surface area contributed by atoms with Gasteiger partial charge in [-0.1, -0.05) is 25.1 Å². The van der Waals surface area contributed by atoms with E-state index in [1.165, 1.54) is 4.88 Å². The topological polar surface area (TPSA) is 61.8 Å². The molecule has 1 atom stereocenters. The number of oxime groups is 1. The van der Waals surface area contributed by atoms with Crippen LogP contribution >= 0.6 is 11.3 Å². The first kappa shape index (κ1) is 15.0. The van der Waals surface area contributed by atoms with Gasteiger partial charge in [-0.2, -0.15) is 0 Å². The van der Waals surface area contributed by atoms with Crippen molar-refractivity contribution in [2.45, 2.75) is 33.2 Å². The minimum absolute atomic E-state index is 0.280. The van der Waals surface area contributed by atoms with Gasteiger partial charge in [0.05, 0.1) is 0 Å². The summed E-state index contributed by atoms with van der Waals surface area (Å²) in [7, 11) is 2.10. The van der Waals surface area contributed by atoms with Crippen molar-refractivity contribution >= 4 is 17.2 Å². The molecule has 5 heteroatoms. The molecule has 0 amide bonds. The smallest absolute Gasteiger partial charge is 0.144 e. The average Bonchev–Trinajstić information content (AvgIpc) is 2.87. The van der Waals surface area contributed by atoms with Gasteiger partial charge >= 0.3 is 0 Å². The summed E-state index contributed by atoms with van der Waals surface area (Å²) in [5, 5.41) is 14.0. The summed E-state index contributed by atoms with van der Waals surface area (Å²) in [5.74, 6) is 0.291. The fraction of sp³-hybridized carbons (Fsp3) is 0.615. The summed E-state index contributed by atoms with van der Waals surface area (Å²) in [6.45, 7) is 7.09. The van der Waals surface area contributed by atoms with Crippen molar-refractivity contribution in [3.63, 3.8) is 0 Å². The Kier molecular flexibility index (Phi) is 5.16. The Bertz CT molecular complexity index is 387. The summed E-state index contributed by atoms with van der Waals surface area (Å²) in [5.41, 5.74) is 5.41. The molecule has 1 rings (SSSR count). The van der Waals surface area contributed by atoms with E-state index >= 15 is 0 Å². The molecule has 0 saturated carbocycles. The van der Waals surface area contributed by atoms with Crippen LogP contribution in [0.1, 0.15) is 38.1 Å². The lowest BCUT2D eigenvalue weighted by molar-refractivity contribution is 0.233. The highest BCUT2D eigenvalue weighted by atomic mass is 32.1. The zero-order chi connectivity index (χ0) is 13.8. The Morgan fingerprint density at radius 3 is 2.78 bits per heavy atom. The van der Waals surface area contributed by atoms with Crippen LogP contribution in [-0.4, -0.2) is 29.5 Å². The molecule has 102 valence electrons. The monoisotopic (exact) mass is 269 g/mol. The molecule has 4 nitrogen and oxygen atoms in total. The summed E-state index contributed by atoms with van der Waals surface area (Å²) in [4.78, 5) is 3.65. The minimum atomic E-state index is -0.280. The zero-order valence-electron chi connectivity index (χ0n) is 11.6. The summed E-state index contributed by atoms with van der Waals surface area (Å²) in [6, 6.07) is 4.62. The lowest BCUT2D eigenvalue weighted by Crippen LogP contribution is -2.35. The van der Waals surface area contributed by atoms with Crippen molar-refractivity contribution in [2.75, 3.05) is 13.6 Å². The van der Waals surface area contributed by atoms with Crippen LogP contribution in [0.3, 0.4) is 0 Å². The Hall–Kier alpha value is -1.07. The van der Waals surface area contributed by atoms with Gasteiger partial charge in [0, 0.05) is 16.3 Å². The second kappa shape index (κ2) is 6.20. The lowest BCUT2D eigenvalue weighted by Gasteiger charge is -2.29. The maximum atomic E-state index is 8.75. The highest BCUT2D eigenvalue weighted by Crippen LogP contribution is 2.26. The zero-order valence-corrected chi connectivity index (χ0v) is 12.4. The van der Waals surface area contributed by atoms with Crippen LogP contribution in [0.15, 0.2) is 22.7 Å². The van der Waals surface area contributed by atoms with Crippen molar-refractivity contribution < 1.29 is 5.21 Å². The number of thiophene rings is 1. The van der Waals surface area contributed by atoms with E-state index in [9.17, 15) is 0 Å². The second-order valence-electron chi connectivity index (χ2n) is 5.29. The molecular weight excluding hydrogens is 246 g/mol. The number of amidine groups is 1. The van der Waals surface area contributed by atoms with E-state index in [1.807, 2.05) is 13.8 Å². The van der Waals surface area contributed by atoms with Crippen LogP contribution in [0.4, 0.5) is 0 Å². The van der Waals surface area contributed by atoms with Crippen LogP contribution in [0.25, 0.3) is 0 Å². The number of hydrogen-bond donors (Lipinski definition) is 2. The Labute approximate surface area is 113 Å². The normalized spacial score (nSPS) is 15.1. The van der Waals surface area contributed by atoms with Gasteiger partial charge < -0.3 is 10.9 Å². The van der Waals surface area contributed by atoms with E-state index < -0.39 is 0 Å². The fourth-order valence-electron chi connectivity index (χ4n) is 1.66. The van der Waals surface area contributed by atoms with Crippen LogP contribution < -0.4 is 5.73 Å². The van der Waals surface area contributed by atoms with E-state index in [4.69, 9.17) is 10.9 Å². The molecule has 0 aliphatic rings. The third-order valence-electron chi connectivity index (χ3n) is 3.51. The molecule has 0 radical (unpaired) electrons. The third-order valence-corrected chi connectivity index (χ3v) is 4.55. The minimum Gasteiger partial charge on any atom is -0.409 e. The molecular formula is C13H23N3OS. The maximum absolute atomic E-state index is 8.75. The third kappa shape index (κ3) is 3.71. The van der Waals surface area contributed by atoms with Crippen molar-refractivity contribution in [3.8, 4) is 0 Å². The van der Waals surface area contributed by atoms with Crippen LogP contribution in [0.5, 0.6) is 0 Å². The van der Waals surface area contributed by atoms with Gasteiger partial charge in [0.1, 0.15) is 5.84 Å². The predicted octanol–water partition coefficient (Wildman–Crippen LogP) is 2.90. The van der Waals surface area contributed by atoms with Gasteiger partial charge in [-0.25, -0.2) is 0 Å². The van der Waals surface area contributed by atoms with E-state index in [2.05, 4.69) is 41.5 Å². The van der Waals surface area contributed by atoms with E-state index in [0.717, 1.165) is 13.0 Å². The first-order chi connectivity index (χ1) is 8.38. The lowest BCUT2D eigenvalue weighted by atomic mass is 9.88. The van der Waals surface area contributed by atoms with Crippen LogP contribution in [0, 0.1) is 5.41 Å². The highest BCUT2D eigenvalue weighted by molar-refractivity contribution is 7.10. The first-order valence-corrected chi connectivity index (χ1v) is 6.98. The Morgan fingerprint density at radius 2 is 2.28 bits per heavy atom. The highest BCUT2D eigenvalue weighted by Gasteiger charge is 2.25. The molecule has 0 fully saturated rings. The van der Waals surface area contributed by atoms with Crippen LogP contribution in [0.2, 0.25) is 0 Å². The molecule has 1 unspecified atom stereocenters. The predicted molar refractivity (Wildman–Crippen MR) is 77.2 cm³/mol. The van der Waals surface area contributed by atoms with Gasteiger partial charge in [0.25, 0.3) is 0 Å². The maximum Gasteiger partial charge on any atom is 0.144 e. The quantitative estimate of drug-likeness (QED) is 0.361. The average molecular weight is 269 g/mol.